The zero-order valence-electron chi connectivity index (χ0n) is 13.7. The molecule has 1 aliphatic carbocycles. The van der Waals surface area contributed by atoms with Crippen LogP contribution in [0.5, 0.6) is 0 Å². The summed E-state index contributed by atoms with van der Waals surface area (Å²) < 4.78 is 1.66. The number of anilines is 1. The third-order valence-corrected chi connectivity index (χ3v) is 4.63. The maximum Gasteiger partial charge on any atom is 0.229 e. The van der Waals surface area contributed by atoms with Gasteiger partial charge in [0.25, 0.3) is 0 Å². The fourth-order valence-corrected chi connectivity index (χ4v) is 3.15. The van der Waals surface area contributed by atoms with Crippen molar-refractivity contribution in [2.75, 3.05) is 5.32 Å². The first-order chi connectivity index (χ1) is 12.1. The van der Waals surface area contributed by atoms with E-state index in [0.717, 1.165) is 17.7 Å². The molecule has 6 heteroatoms. The van der Waals surface area contributed by atoms with Gasteiger partial charge in [0.05, 0.1) is 5.69 Å². The van der Waals surface area contributed by atoms with Gasteiger partial charge >= 0.3 is 0 Å². The van der Waals surface area contributed by atoms with Gasteiger partial charge in [0.2, 0.25) is 5.91 Å². The van der Waals surface area contributed by atoms with Gasteiger partial charge in [-0.3, -0.25) is 4.79 Å². The zero-order chi connectivity index (χ0) is 17.4. The Bertz CT molecular complexity index is 905. The Labute approximate surface area is 150 Å². The Balaban J connectivity index is 1.50. The van der Waals surface area contributed by atoms with E-state index in [4.69, 9.17) is 11.6 Å². The predicted octanol–water partition coefficient (Wildman–Crippen LogP) is 3.97. The average molecular weight is 353 g/mol. The van der Waals surface area contributed by atoms with Crippen LogP contribution in [0.2, 0.25) is 5.02 Å². The minimum Gasteiger partial charge on any atom is -0.310 e. The number of benzene rings is 1. The molecule has 5 nitrogen and oxygen atoms in total. The molecular formula is C19H17ClN4O. The van der Waals surface area contributed by atoms with Crippen molar-refractivity contribution in [3.8, 4) is 5.82 Å². The fourth-order valence-electron chi connectivity index (χ4n) is 3.02. The molecule has 4 rings (SSSR count). The summed E-state index contributed by atoms with van der Waals surface area (Å²) >= 11 is 5.93. The number of aryl methyl sites for hydroxylation is 1. The van der Waals surface area contributed by atoms with Gasteiger partial charge in [-0.15, -0.1) is 0 Å². The molecule has 1 saturated carbocycles. The minimum atomic E-state index is -0.0198. The van der Waals surface area contributed by atoms with Crippen LogP contribution in [-0.4, -0.2) is 20.7 Å². The van der Waals surface area contributed by atoms with Gasteiger partial charge in [-0.1, -0.05) is 29.8 Å². The Kier molecular flexibility index (Phi) is 4.01. The highest BCUT2D eigenvalue weighted by Crippen LogP contribution is 2.48. The molecule has 1 amide bonds. The van der Waals surface area contributed by atoms with Crippen molar-refractivity contribution in [3.05, 3.63) is 71.0 Å². The molecule has 2 unspecified atom stereocenters. The Morgan fingerprint density at radius 1 is 1.24 bits per heavy atom. The highest BCUT2D eigenvalue weighted by Gasteiger charge is 2.44. The van der Waals surface area contributed by atoms with Crippen LogP contribution in [0.3, 0.4) is 0 Å². The molecule has 2 aromatic heterocycles. The second-order valence-electron chi connectivity index (χ2n) is 6.26. The summed E-state index contributed by atoms with van der Waals surface area (Å²) in [6, 6.07) is 15.2. The van der Waals surface area contributed by atoms with E-state index in [0.29, 0.717) is 16.7 Å². The molecule has 0 aliphatic heterocycles. The number of nitrogens with one attached hydrogen (secondary N) is 1. The first-order valence-electron chi connectivity index (χ1n) is 8.16. The van der Waals surface area contributed by atoms with Crippen LogP contribution in [-0.2, 0) is 4.79 Å². The summed E-state index contributed by atoms with van der Waals surface area (Å²) in [7, 11) is 0. The number of pyridine rings is 1. The first kappa shape index (κ1) is 15.8. The van der Waals surface area contributed by atoms with E-state index in [1.165, 1.54) is 0 Å². The van der Waals surface area contributed by atoms with E-state index in [-0.39, 0.29) is 17.7 Å². The van der Waals surface area contributed by atoms with Crippen molar-refractivity contribution in [2.24, 2.45) is 5.92 Å². The minimum absolute atomic E-state index is 0.0111. The lowest BCUT2D eigenvalue weighted by atomic mass is 10.1. The van der Waals surface area contributed by atoms with Gasteiger partial charge in [-0.05, 0) is 49.1 Å². The number of carbonyl (C=O) groups excluding carboxylic acids is 1. The standard InChI is InChI=1S/C19H17ClN4O/c1-12-10-18(24(23-12)17-4-2-3-9-21-17)22-19(25)16-11-15(16)13-5-7-14(20)8-6-13/h2-10,15-16H,11H2,1H3,(H,22,25). The molecule has 0 spiro atoms. The molecule has 2 atom stereocenters. The summed E-state index contributed by atoms with van der Waals surface area (Å²) in [5, 5.41) is 8.13. The lowest BCUT2D eigenvalue weighted by Crippen LogP contribution is -2.17. The van der Waals surface area contributed by atoms with Crippen molar-refractivity contribution >= 4 is 23.3 Å². The second-order valence-corrected chi connectivity index (χ2v) is 6.70. The van der Waals surface area contributed by atoms with Gasteiger partial charge in [0.1, 0.15) is 5.82 Å². The third kappa shape index (κ3) is 3.28. The van der Waals surface area contributed by atoms with E-state index in [1.54, 1.807) is 10.9 Å². The van der Waals surface area contributed by atoms with Crippen LogP contribution in [0, 0.1) is 12.8 Å². The molecule has 0 saturated heterocycles. The molecule has 1 aromatic carbocycles. The highest BCUT2D eigenvalue weighted by atomic mass is 35.5. The van der Waals surface area contributed by atoms with Gasteiger partial charge in [0, 0.05) is 23.2 Å². The number of hydrogen-bond donors (Lipinski definition) is 1. The van der Waals surface area contributed by atoms with Crippen LogP contribution in [0.15, 0.2) is 54.7 Å². The Hall–Kier alpha value is -2.66. The molecular weight excluding hydrogens is 336 g/mol. The van der Waals surface area contributed by atoms with Crippen LogP contribution < -0.4 is 5.32 Å². The maximum atomic E-state index is 12.6. The summed E-state index contributed by atoms with van der Waals surface area (Å²) in [5.74, 6) is 1.56. The summed E-state index contributed by atoms with van der Waals surface area (Å²) in [4.78, 5) is 16.9. The predicted molar refractivity (Wildman–Crippen MR) is 97.0 cm³/mol. The normalized spacial score (nSPS) is 18.8. The summed E-state index contributed by atoms with van der Waals surface area (Å²) in [6.07, 6.45) is 2.56. The summed E-state index contributed by atoms with van der Waals surface area (Å²) in [6.45, 7) is 1.89. The molecule has 3 aromatic rings. The van der Waals surface area contributed by atoms with Gasteiger partial charge in [-0.2, -0.15) is 9.78 Å². The number of amides is 1. The van der Waals surface area contributed by atoms with Crippen molar-refractivity contribution in [1.82, 2.24) is 14.8 Å². The van der Waals surface area contributed by atoms with Crippen molar-refractivity contribution in [2.45, 2.75) is 19.3 Å². The fraction of sp³-hybridized carbons (Fsp3) is 0.211. The van der Waals surface area contributed by atoms with E-state index in [9.17, 15) is 4.79 Å². The quantitative estimate of drug-likeness (QED) is 0.772. The number of aromatic nitrogens is 3. The van der Waals surface area contributed by atoms with Crippen LogP contribution >= 0.6 is 11.6 Å². The number of halogens is 1. The third-order valence-electron chi connectivity index (χ3n) is 4.37. The van der Waals surface area contributed by atoms with E-state index in [1.807, 2.05) is 55.5 Å². The van der Waals surface area contributed by atoms with Crippen LogP contribution in [0.25, 0.3) is 5.82 Å². The lowest BCUT2D eigenvalue weighted by molar-refractivity contribution is -0.117. The first-order valence-corrected chi connectivity index (χ1v) is 8.54. The van der Waals surface area contributed by atoms with Crippen LogP contribution in [0.4, 0.5) is 5.82 Å². The van der Waals surface area contributed by atoms with Crippen molar-refractivity contribution in [3.63, 3.8) is 0 Å². The monoisotopic (exact) mass is 352 g/mol. The molecule has 25 heavy (non-hydrogen) atoms. The van der Waals surface area contributed by atoms with Gasteiger partial charge in [-0.25, -0.2) is 4.98 Å². The molecule has 1 aliphatic rings. The highest BCUT2D eigenvalue weighted by molar-refractivity contribution is 6.30. The zero-order valence-corrected chi connectivity index (χ0v) is 14.4. The number of nitrogens with zero attached hydrogens (tertiary/aromatic N) is 3. The largest absolute Gasteiger partial charge is 0.310 e. The topological polar surface area (TPSA) is 59.8 Å². The van der Waals surface area contributed by atoms with Crippen LogP contribution in [0.1, 0.15) is 23.6 Å². The summed E-state index contributed by atoms with van der Waals surface area (Å²) in [5.41, 5.74) is 1.98. The Morgan fingerprint density at radius 3 is 2.76 bits per heavy atom. The maximum absolute atomic E-state index is 12.6. The number of hydrogen-bond acceptors (Lipinski definition) is 3. The van der Waals surface area contributed by atoms with E-state index >= 15 is 0 Å². The van der Waals surface area contributed by atoms with Crippen molar-refractivity contribution < 1.29 is 4.79 Å². The molecule has 0 bridgehead atoms. The lowest BCUT2D eigenvalue weighted by Gasteiger charge is -2.08. The second kappa shape index (κ2) is 6.33. The molecule has 126 valence electrons. The van der Waals surface area contributed by atoms with E-state index in [2.05, 4.69) is 15.4 Å². The Morgan fingerprint density at radius 2 is 2.04 bits per heavy atom. The number of carbonyl (C=O) groups is 1. The van der Waals surface area contributed by atoms with Gasteiger partial charge < -0.3 is 5.32 Å². The molecule has 1 N–H and O–H groups in total. The van der Waals surface area contributed by atoms with Gasteiger partial charge in [0.15, 0.2) is 5.82 Å². The average Bonchev–Trinajstić information content (AvgIpc) is 3.34. The molecule has 0 radical (unpaired) electrons. The SMILES string of the molecule is Cc1cc(NC(=O)C2CC2c2ccc(Cl)cc2)n(-c2ccccn2)n1. The smallest absolute Gasteiger partial charge is 0.229 e. The molecule has 1 fully saturated rings. The molecule has 2 heterocycles. The number of rotatable bonds is 4. The van der Waals surface area contributed by atoms with E-state index < -0.39 is 0 Å². The van der Waals surface area contributed by atoms with Crippen molar-refractivity contribution in [1.29, 1.82) is 0 Å².